The van der Waals surface area contributed by atoms with Gasteiger partial charge in [0.05, 0.1) is 31.9 Å². The number of aliphatic carboxylic acids is 1. The summed E-state index contributed by atoms with van der Waals surface area (Å²) in [4.78, 5) is 26.5. The molecule has 2 aromatic rings. The molecule has 1 fully saturated rings. The summed E-state index contributed by atoms with van der Waals surface area (Å²) in [6.45, 7) is 5.44. The summed E-state index contributed by atoms with van der Waals surface area (Å²) in [7, 11) is 1.12. The number of carbonyl (C=O) groups excluding carboxylic acids is 1. The highest BCUT2D eigenvalue weighted by molar-refractivity contribution is 6.30. The molecule has 0 amide bonds. The van der Waals surface area contributed by atoms with Crippen LogP contribution in [0.3, 0.4) is 0 Å². The van der Waals surface area contributed by atoms with Crippen LogP contribution < -0.4 is 9.64 Å². The zero-order valence-corrected chi connectivity index (χ0v) is 23.4. The molecule has 5 atom stereocenters. The van der Waals surface area contributed by atoms with Crippen LogP contribution >= 0.6 is 11.6 Å². The quantitative estimate of drug-likeness (QED) is 0.320. The molecule has 0 radical (unpaired) electrons. The molecule has 9 heteroatoms. The lowest BCUT2D eigenvalue weighted by atomic mass is 9.68. The van der Waals surface area contributed by atoms with Gasteiger partial charge in [0.2, 0.25) is 0 Å². The molecule has 2 aromatic carbocycles. The number of benzene rings is 2. The monoisotopic (exact) mass is 569 g/mol. The zero-order valence-electron chi connectivity index (χ0n) is 22.6. The number of rotatable bonds is 8. The Labute approximate surface area is 239 Å². The van der Waals surface area contributed by atoms with Gasteiger partial charge in [0.25, 0.3) is 0 Å². The molecule has 0 saturated heterocycles. The van der Waals surface area contributed by atoms with Crippen LogP contribution in [0.15, 0.2) is 49.1 Å². The highest BCUT2D eigenvalue weighted by Crippen LogP contribution is 2.47. The van der Waals surface area contributed by atoms with Crippen LogP contribution in [0, 0.1) is 11.8 Å². The number of hydrogen-bond donors (Lipinski definition) is 3. The van der Waals surface area contributed by atoms with Gasteiger partial charge in [-0.15, -0.1) is 6.58 Å². The fourth-order valence-electron chi connectivity index (χ4n) is 6.78. The molecule has 1 heterocycles. The number of halogens is 1. The SMILES string of the molecule is C=C[C@H](O)[C@@H]1CC[C@H]1CN1C[C@@]2(CCCc3cc(Cl)ccc32)COc2ccc([C@](O)(CC(=O)O)C(=O)OC)cc21. The average molecular weight is 570 g/mol. The van der Waals surface area contributed by atoms with Crippen LogP contribution in [0.2, 0.25) is 5.02 Å². The molecule has 0 aromatic heterocycles. The molecule has 5 rings (SSSR count). The molecule has 214 valence electrons. The Bertz CT molecular complexity index is 1310. The summed E-state index contributed by atoms with van der Waals surface area (Å²) in [5, 5.41) is 32.0. The first kappa shape index (κ1) is 28.5. The minimum Gasteiger partial charge on any atom is -0.490 e. The average Bonchev–Trinajstić information content (AvgIpc) is 3.07. The van der Waals surface area contributed by atoms with Gasteiger partial charge in [0.15, 0.2) is 5.60 Å². The lowest BCUT2D eigenvalue weighted by molar-refractivity contribution is -0.169. The van der Waals surface area contributed by atoms with Crippen LogP contribution in [0.4, 0.5) is 5.69 Å². The summed E-state index contributed by atoms with van der Waals surface area (Å²) in [6.07, 6.45) is 4.83. The second kappa shape index (κ2) is 11.1. The van der Waals surface area contributed by atoms with Crippen molar-refractivity contribution in [2.45, 2.75) is 55.6 Å². The molecule has 3 N–H and O–H groups in total. The van der Waals surface area contributed by atoms with Gasteiger partial charge in [0.1, 0.15) is 5.75 Å². The van der Waals surface area contributed by atoms with Crippen molar-refractivity contribution in [1.29, 1.82) is 0 Å². The second-order valence-corrected chi connectivity index (χ2v) is 11.9. The van der Waals surface area contributed by atoms with E-state index in [0.29, 0.717) is 36.2 Å². The molecule has 1 aliphatic heterocycles. The third kappa shape index (κ3) is 5.08. The second-order valence-electron chi connectivity index (χ2n) is 11.4. The van der Waals surface area contributed by atoms with Gasteiger partial charge in [-0.2, -0.15) is 0 Å². The van der Waals surface area contributed by atoms with Crippen molar-refractivity contribution in [2.24, 2.45) is 11.8 Å². The van der Waals surface area contributed by atoms with E-state index in [1.807, 2.05) is 12.1 Å². The van der Waals surface area contributed by atoms with Gasteiger partial charge < -0.3 is 29.7 Å². The van der Waals surface area contributed by atoms with Gasteiger partial charge in [-0.1, -0.05) is 29.8 Å². The number of ether oxygens (including phenoxy) is 2. The lowest BCUT2D eigenvalue weighted by Gasteiger charge is -2.45. The zero-order chi connectivity index (χ0) is 28.7. The number of anilines is 1. The first-order chi connectivity index (χ1) is 19.1. The fraction of sp³-hybridized carbons (Fsp3) is 0.484. The number of carboxylic acid groups (broad SMARTS) is 1. The number of aryl methyl sites for hydroxylation is 1. The Morgan fingerprint density at radius 2 is 2.10 bits per heavy atom. The number of esters is 1. The van der Waals surface area contributed by atoms with Crippen molar-refractivity contribution in [3.8, 4) is 5.75 Å². The van der Waals surface area contributed by atoms with Gasteiger partial charge >= 0.3 is 11.9 Å². The first-order valence-electron chi connectivity index (χ1n) is 13.7. The van der Waals surface area contributed by atoms with Gasteiger partial charge in [-0.3, -0.25) is 4.79 Å². The number of aliphatic hydroxyl groups is 2. The van der Waals surface area contributed by atoms with Crippen LogP contribution in [-0.2, 0) is 31.8 Å². The van der Waals surface area contributed by atoms with E-state index in [9.17, 15) is 24.9 Å². The highest BCUT2D eigenvalue weighted by Gasteiger charge is 2.46. The number of fused-ring (bicyclic) bond motifs is 3. The van der Waals surface area contributed by atoms with E-state index in [0.717, 1.165) is 39.2 Å². The number of aliphatic hydroxyl groups excluding tert-OH is 1. The van der Waals surface area contributed by atoms with Crippen molar-refractivity contribution in [1.82, 2.24) is 0 Å². The Morgan fingerprint density at radius 1 is 1.30 bits per heavy atom. The Kier molecular flexibility index (Phi) is 7.88. The largest absolute Gasteiger partial charge is 0.490 e. The summed E-state index contributed by atoms with van der Waals surface area (Å²) in [6, 6.07) is 10.9. The van der Waals surface area contributed by atoms with E-state index >= 15 is 0 Å². The van der Waals surface area contributed by atoms with E-state index in [1.165, 1.54) is 17.2 Å². The maximum absolute atomic E-state index is 12.7. The van der Waals surface area contributed by atoms with Crippen LogP contribution in [0.25, 0.3) is 0 Å². The molecule has 1 spiro atoms. The van der Waals surface area contributed by atoms with Gasteiger partial charge in [-0.05, 0) is 84.9 Å². The van der Waals surface area contributed by atoms with E-state index in [2.05, 4.69) is 17.5 Å². The maximum Gasteiger partial charge on any atom is 0.343 e. The summed E-state index contributed by atoms with van der Waals surface area (Å²) in [5.41, 5.74) is 0.512. The van der Waals surface area contributed by atoms with Crippen LogP contribution in [-0.4, -0.2) is 60.2 Å². The molecule has 1 saturated carbocycles. The van der Waals surface area contributed by atoms with Crippen LogP contribution in [0.5, 0.6) is 5.75 Å². The molecule has 2 aliphatic carbocycles. The smallest absolute Gasteiger partial charge is 0.343 e. The number of carbonyl (C=O) groups is 2. The molecule has 0 unspecified atom stereocenters. The van der Waals surface area contributed by atoms with E-state index in [1.54, 1.807) is 18.2 Å². The minimum atomic E-state index is -2.36. The highest BCUT2D eigenvalue weighted by atomic mass is 35.5. The number of nitrogens with zero attached hydrogens (tertiary/aromatic N) is 1. The van der Waals surface area contributed by atoms with Crippen molar-refractivity contribution < 1.29 is 34.4 Å². The minimum absolute atomic E-state index is 0.0840. The molecule has 8 nitrogen and oxygen atoms in total. The summed E-state index contributed by atoms with van der Waals surface area (Å²) < 4.78 is 11.3. The third-order valence-corrected chi connectivity index (χ3v) is 9.29. The predicted octanol–water partition coefficient (Wildman–Crippen LogP) is 4.22. The van der Waals surface area contributed by atoms with E-state index < -0.39 is 30.1 Å². The molecular weight excluding hydrogens is 534 g/mol. The standard InChI is InChI=1S/C31H36ClNO7/c1-3-26(34)23-9-6-20(23)16-33-17-30(12-4-5-19-13-22(32)8-10-24(19)30)18-40-27-11-7-21(14-25(27)33)31(38,15-28(35)36)29(37)39-2/h3,7-8,10-11,13-14,20,23,26,34,38H,1,4-6,9,12,15-18H2,2H3,(H,35,36)/t20-,23+,26-,30-,31+/m0/s1. The fourth-order valence-corrected chi connectivity index (χ4v) is 6.97. The number of methoxy groups -OCH3 is 1. The van der Waals surface area contributed by atoms with Gasteiger partial charge in [0, 0.05) is 23.5 Å². The lowest BCUT2D eigenvalue weighted by Crippen LogP contribution is -2.49. The summed E-state index contributed by atoms with van der Waals surface area (Å²) >= 11 is 6.35. The van der Waals surface area contributed by atoms with Crippen LogP contribution in [0.1, 0.15) is 48.8 Å². The topological polar surface area (TPSA) is 117 Å². The van der Waals surface area contributed by atoms with Crippen molar-refractivity contribution in [3.05, 3.63) is 70.8 Å². The normalized spacial score (nSPS) is 25.8. The van der Waals surface area contributed by atoms with Gasteiger partial charge in [-0.25, -0.2) is 4.79 Å². The van der Waals surface area contributed by atoms with E-state index in [4.69, 9.17) is 21.1 Å². The van der Waals surface area contributed by atoms with Crippen molar-refractivity contribution >= 4 is 29.2 Å². The van der Waals surface area contributed by atoms with E-state index in [-0.39, 0.29) is 22.8 Å². The van der Waals surface area contributed by atoms with Crippen molar-refractivity contribution in [2.75, 3.05) is 31.7 Å². The Balaban J connectivity index is 1.59. The third-order valence-electron chi connectivity index (χ3n) is 9.06. The maximum atomic E-state index is 12.7. The Morgan fingerprint density at radius 3 is 2.77 bits per heavy atom. The molecule has 3 aliphatic rings. The summed E-state index contributed by atoms with van der Waals surface area (Å²) in [5.74, 6) is -1.50. The number of carboxylic acids is 1. The molecular formula is C31H36ClNO7. The molecule has 40 heavy (non-hydrogen) atoms. The Hall–Kier alpha value is -3.07. The predicted molar refractivity (Wildman–Crippen MR) is 151 cm³/mol. The number of hydrogen-bond acceptors (Lipinski definition) is 7. The first-order valence-corrected chi connectivity index (χ1v) is 14.1. The molecule has 0 bridgehead atoms. The van der Waals surface area contributed by atoms with Crippen molar-refractivity contribution in [3.63, 3.8) is 0 Å².